The fraction of sp³-hybridized carbons (Fsp3) is 0.900. The number of hydrogen-bond acceptors (Lipinski definition) is 5. The van der Waals surface area contributed by atoms with Crippen LogP contribution < -0.4 is 5.32 Å². The van der Waals surface area contributed by atoms with Crippen molar-refractivity contribution in [2.45, 2.75) is 24.5 Å². The van der Waals surface area contributed by atoms with E-state index in [-0.39, 0.29) is 11.6 Å². The molecule has 0 saturated carbocycles. The van der Waals surface area contributed by atoms with Gasteiger partial charge in [0.15, 0.2) is 6.10 Å². The van der Waals surface area contributed by atoms with E-state index in [9.17, 15) is 4.79 Å². The van der Waals surface area contributed by atoms with Crippen molar-refractivity contribution in [2.75, 3.05) is 33.4 Å². The molecule has 2 saturated heterocycles. The third-order valence-corrected chi connectivity index (χ3v) is 3.04. The Morgan fingerprint density at radius 2 is 2.20 bits per heavy atom. The fourth-order valence-corrected chi connectivity index (χ4v) is 2.12. The van der Waals surface area contributed by atoms with E-state index in [1.165, 1.54) is 7.11 Å². The van der Waals surface area contributed by atoms with E-state index in [4.69, 9.17) is 9.47 Å². The maximum absolute atomic E-state index is 11.4. The van der Waals surface area contributed by atoms with Crippen molar-refractivity contribution in [1.82, 2.24) is 5.32 Å². The molecule has 0 aromatic rings. The minimum absolute atomic E-state index is 0.227. The summed E-state index contributed by atoms with van der Waals surface area (Å²) in [5, 5.41) is 3.23. The van der Waals surface area contributed by atoms with Gasteiger partial charge in [0.05, 0.1) is 12.7 Å². The lowest BCUT2D eigenvalue weighted by atomic mass is 9.92. The molecule has 86 valence electrons. The predicted molar refractivity (Wildman–Crippen MR) is 52.5 cm³/mol. The molecule has 5 nitrogen and oxygen atoms in total. The summed E-state index contributed by atoms with van der Waals surface area (Å²) in [7, 11) is 1.39. The Labute approximate surface area is 89.1 Å². The van der Waals surface area contributed by atoms with E-state index in [0.717, 1.165) is 19.4 Å². The Kier molecular flexibility index (Phi) is 3.23. The van der Waals surface area contributed by atoms with Crippen molar-refractivity contribution in [3.63, 3.8) is 0 Å². The summed E-state index contributed by atoms with van der Waals surface area (Å²) < 4.78 is 15.8. The van der Waals surface area contributed by atoms with Crippen LogP contribution >= 0.6 is 0 Å². The van der Waals surface area contributed by atoms with Crippen molar-refractivity contribution < 1.29 is 19.0 Å². The van der Waals surface area contributed by atoms with Crippen LogP contribution in [0.15, 0.2) is 0 Å². The van der Waals surface area contributed by atoms with Crippen LogP contribution in [0.5, 0.6) is 0 Å². The highest BCUT2D eigenvalue weighted by Crippen LogP contribution is 2.28. The van der Waals surface area contributed by atoms with Gasteiger partial charge < -0.3 is 19.5 Å². The zero-order chi connectivity index (χ0) is 10.7. The van der Waals surface area contributed by atoms with Gasteiger partial charge in [-0.05, 0) is 0 Å². The molecule has 2 rings (SSSR count). The zero-order valence-electron chi connectivity index (χ0n) is 8.95. The van der Waals surface area contributed by atoms with Gasteiger partial charge in [-0.1, -0.05) is 0 Å². The highest BCUT2D eigenvalue weighted by atomic mass is 16.6. The fourth-order valence-electron chi connectivity index (χ4n) is 2.12. The molecule has 0 aromatic carbocycles. The standard InChI is InChI=1S/C10H17NO4/c1-13-9(12)8-6-11-7-10(15-8)2-4-14-5-3-10/h8,11H,2-7H2,1H3. The van der Waals surface area contributed by atoms with Crippen molar-refractivity contribution in [2.24, 2.45) is 0 Å². The summed E-state index contributed by atoms with van der Waals surface area (Å²) in [6.45, 7) is 2.74. The van der Waals surface area contributed by atoms with Crippen LogP contribution in [-0.4, -0.2) is 51.1 Å². The van der Waals surface area contributed by atoms with Crippen molar-refractivity contribution >= 4 is 5.97 Å². The lowest BCUT2D eigenvalue weighted by molar-refractivity contribution is -0.187. The Morgan fingerprint density at radius 1 is 1.47 bits per heavy atom. The smallest absolute Gasteiger partial charge is 0.336 e. The largest absolute Gasteiger partial charge is 0.467 e. The van der Waals surface area contributed by atoms with Gasteiger partial charge >= 0.3 is 5.97 Å². The number of hydrogen-bond donors (Lipinski definition) is 1. The molecule has 0 aliphatic carbocycles. The first-order valence-corrected chi connectivity index (χ1v) is 5.30. The average Bonchev–Trinajstić information content (AvgIpc) is 2.29. The molecule has 1 atom stereocenters. The number of nitrogens with one attached hydrogen (secondary N) is 1. The predicted octanol–water partition coefficient (Wildman–Crippen LogP) is -0.303. The summed E-state index contributed by atoms with van der Waals surface area (Å²) in [5.41, 5.74) is -0.227. The van der Waals surface area contributed by atoms with Crippen molar-refractivity contribution in [1.29, 1.82) is 0 Å². The molecule has 1 spiro atoms. The van der Waals surface area contributed by atoms with E-state index in [1.807, 2.05) is 0 Å². The Bertz CT molecular complexity index is 232. The van der Waals surface area contributed by atoms with Gasteiger partial charge in [0.25, 0.3) is 0 Å². The average molecular weight is 215 g/mol. The molecule has 0 radical (unpaired) electrons. The third-order valence-electron chi connectivity index (χ3n) is 3.04. The molecular weight excluding hydrogens is 198 g/mol. The van der Waals surface area contributed by atoms with Gasteiger partial charge in [0.2, 0.25) is 0 Å². The number of esters is 1. The van der Waals surface area contributed by atoms with Gasteiger partial charge in [-0.15, -0.1) is 0 Å². The van der Waals surface area contributed by atoms with E-state index in [2.05, 4.69) is 10.1 Å². The molecule has 1 unspecified atom stereocenters. The first-order chi connectivity index (χ1) is 7.26. The molecular formula is C10H17NO4. The molecule has 0 bridgehead atoms. The van der Waals surface area contributed by atoms with Crippen LogP contribution in [-0.2, 0) is 19.0 Å². The maximum atomic E-state index is 11.4. The number of morpholine rings is 1. The lowest BCUT2D eigenvalue weighted by Crippen LogP contribution is -2.58. The van der Waals surface area contributed by atoms with Crippen LogP contribution in [0.2, 0.25) is 0 Å². The number of ether oxygens (including phenoxy) is 3. The molecule has 0 amide bonds. The summed E-state index contributed by atoms with van der Waals surface area (Å²) in [5.74, 6) is -0.298. The lowest BCUT2D eigenvalue weighted by Gasteiger charge is -2.42. The van der Waals surface area contributed by atoms with Crippen molar-refractivity contribution in [3.8, 4) is 0 Å². The SMILES string of the molecule is COC(=O)C1CNCC2(CCOCC2)O1. The number of rotatable bonds is 1. The number of methoxy groups -OCH3 is 1. The normalized spacial score (nSPS) is 30.1. The van der Waals surface area contributed by atoms with E-state index >= 15 is 0 Å². The van der Waals surface area contributed by atoms with E-state index in [0.29, 0.717) is 19.8 Å². The first-order valence-electron chi connectivity index (χ1n) is 5.30. The highest BCUT2D eigenvalue weighted by molar-refractivity contribution is 5.75. The number of carbonyl (C=O) groups is 1. The molecule has 5 heteroatoms. The summed E-state index contributed by atoms with van der Waals surface area (Å²) >= 11 is 0. The second-order valence-corrected chi connectivity index (χ2v) is 4.06. The highest BCUT2D eigenvalue weighted by Gasteiger charge is 2.41. The monoisotopic (exact) mass is 215 g/mol. The minimum Gasteiger partial charge on any atom is -0.467 e. The Balaban J connectivity index is 1.99. The number of carbonyl (C=O) groups excluding carboxylic acids is 1. The molecule has 15 heavy (non-hydrogen) atoms. The molecule has 2 heterocycles. The summed E-state index contributed by atoms with van der Waals surface area (Å²) in [6.07, 6.45) is 1.21. The molecule has 1 N–H and O–H groups in total. The van der Waals surface area contributed by atoms with Crippen molar-refractivity contribution in [3.05, 3.63) is 0 Å². The van der Waals surface area contributed by atoms with Gasteiger partial charge in [-0.25, -0.2) is 4.79 Å². The first kappa shape index (κ1) is 10.9. The van der Waals surface area contributed by atoms with Gasteiger partial charge in [-0.3, -0.25) is 0 Å². The van der Waals surface area contributed by atoms with Crippen LogP contribution in [0.3, 0.4) is 0 Å². The molecule has 2 aliphatic rings. The third kappa shape index (κ3) is 2.30. The van der Waals surface area contributed by atoms with Crippen LogP contribution in [0.4, 0.5) is 0 Å². The van der Waals surface area contributed by atoms with Gasteiger partial charge in [-0.2, -0.15) is 0 Å². The minimum atomic E-state index is -0.471. The van der Waals surface area contributed by atoms with Crippen LogP contribution in [0, 0.1) is 0 Å². The summed E-state index contributed by atoms with van der Waals surface area (Å²) in [6, 6.07) is 0. The Hall–Kier alpha value is -0.650. The second kappa shape index (κ2) is 4.47. The topological polar surface area (TPSA) is 56.8 Å². The van der Waals surface area contributed by atoms with Crippen LogP contribution in [0.25, 0.3) is 0 Å². The second-order valence-electron chi connectivity index (χ2n) is 4.06. The van der Waals surface area contributed by atoms with E-state index in [1.54, 1.807) is 0 Å². The maximum Gasteiger partial charge on any atom is 0.336 e. The Morgan fingerprint density at radius 3 is 2.87 bits per heavy atom. The molecule has 2 fully saturated rings. The summed E-state index contributed by atoms with van der Waals surface area (Å²) in [4.78, 5) is 11.4. The van der Waals surface area contributed by atoms with Crippen LogP contribution in [0.1, 0.15) is 12.8 Å². The molecule has 0 aromatic heterocycles. The molecule has 2 aliphatic heterocycles. The zero-order valence-corrected chi connectivity index (χ0v) is 8.95. The van der Waals surface area contributed by atoms with Gasteiger partial charge in [0.1, 0.15) is 0 Å². The van der Waals surface area contributed by atoms with Gasteiger partial charge in [0, 0.05) is 39.1 Å². The quantitative estimate of drug-likeness (QED) is 0.608. The van der Waals surface area contributed by atoms with E-state index < -0.39 is 6.10 Å².